The first-order chi connectivity index (χ1) is 9.51. The molecule has 0 amide bonds. The summed E-state index contributed by atoms with van der Waals surface area (Å²) in [5.41, 5.74) is 7.94. The van der Waals surface area contributed by atoms with Crippen molar-refractivity contribution in [1.82, 2.24) is 0 Å². The fraction of sp³-hybridized carbons (Fsp3) is 0.250. The highest BCUT2D eigenvalue weighted by molar-refractivity contribution is 9.10. The number of ether oxygens (including phenoxy) is 1. The van der Waals surface area contributed by atoms with Crippen molar-refractivity contribution in [3.63, 3.8) is 0 Å². The van der Waals surface area contributed by atoms with Gasteiger partial charge in [0, 0.05) is 21.1 Å². The molecule has 0 atom stereocenters. The normalized spacial score (nSPS) is 10.9. The molecule has 2 N–H and O–H groups in total. The highest BCUT2D eigenvalue weighted by Crippen LogP contribution is 2.34. The number of hydrogen-bond acceptors (Lipinski definition) is 2. The molecule has 2 aromatic carbocycles. The molecule has 4 heteroatoms. The zero-order chi connectivity index (χ0) is 14.7. The number of rotatable bonds is 4. The maximum Gasteiger partial charge on any atom is 0.132 e. The van der Waals surface area contributed by atoms with Crippen LogP contribution in [-0.4, -0.2) is 0 Å². The Morgan fingerprint density at radius 2 is 1.60 bits per heavy atom. The van der Waals surface area contributed by atoms with E-state index in [1.165, 1.54) is 5.56 Å². The molecule has 0 spiro atoms. The van der Waals surface area contributed by atoms with Gasteiger partial charge < -0.3 is 10.5 Å². The van der Waals surface area contributed by atoms with Crippen molar-refractivity contribution in [2.24, 2.45) is 5.73 Å². The van der Waals surface area contributed by atoms with Gasteiger partial charge >= 0.3 is 0 Å². The summed E-state index contributed by atoms with van der Waals surface area (Å²) in [6, 6.07) is 12.0. The van der Waals surface area contributed by atoms with Gasteiger partial charge in [-0.2, -0.15) is 0 Å². The predicted octanol–water partition coefficient (Wildman–Crippen LogP) is 5.59. The Bertz CT molecular complexity index is 611. The molecule has 0 saturated carbocycles. The van der Waals surface area contributed by atoms with E-state index in [2.05, 4.69) is 51.8 Å². The lowest BCUT2D eigenvalue weighted by Crippen LogP contribution is -2.01. The van der Waals surface area contributed by atoms with Crippen molar-refractivity contribution in [1.29, 1.82) is 0 Å². The second-order valence-corrected chi connectivity index (χ2v) is 6.73. The SMILES string of the molecule is CC(C)c1cc(Br)ccc1Oc1ccc(Br)cc1CN. The summed E-state index contributed by atoms with van der Waals surface area (Å²) < 4.78 is 8.14. The zero-order valence-corrected chi connectivity index (χ0v) is 14.7. The maximum absolute atomic E-state index is 6.08. The number of nitrogens with two attached hydrogens (primary N) is 1. The first-order valence-electron chi connectivity index (χ1n) is 6.47. The summed E-state index contributed by atoms with van der Waals surface area (Å²) >= 11 is 6.96. The van der Waals surface area contributed by atoms with E-state index in [0.29, 0.717) is 12.5 Å². The minimum Gasteiger partial charge on any atom is -0.457 e. The van der Waals surface area contributed by atoms with Crippen molar-refractivity contribution in [3.05, 3.63) is 56.5 Å². The van der Waals surface area contributed by atoms with Crippen LogP contribution in [0, 0.1) is 0 Å². The van der Waals surface area contributed by atoms with Crippen molar-refractivity contribution < 1.29 is 4.74 Å². The highest BCUT2D eigenvalue weighted by atomic mass is 79.9. The first-order valence-corrected chi connectivity index (χ1v) is 8.05. The minimum atomic E-state index is 0.388. The van der Waals surface area contributed by atoms with Crippen molar-refractivity contribution in [2.75, 3.05) is 0 Å². The molecule has 0 bridgehead atoms. The van der Waals surface area contributed by atoms with Crippen molar-refractivity contribution >= 4 is 31.9 Å². The number of benzene rings is 2. The lowest BCUT2D eigenvalue weighted by atomic mass is 10.0. The molecule has 0 unspecified atom stereocenters. The van der Waals surface area contributed by atoms with Gasteiger partial charge in [0.25, 0.3) is 0 Å². The Morgan fingerprint density at radius 1 is 1.00 bits per heavy atom. The molecule has 0 aliphatic heterocycles. The molecule has 0 heterocycles. The van der Waals surface area contributed by atoms with E-state index in [1.807, 2.05) is 30.3 Å². The second kappa shape index (κ2) is 6.74. The average Bonchev–Trinajstić information content (AvgIpc) is 2.42. The van der Waals surface area contributed by atoms with Gasteiger partial charge in [0.1, 0.15) is 11.5 Å². The fourth-order valence-corrected chi connectivity index (χ4v) is 2.78. The van der Waals surface area contributed by atoms with Crippen LogP contribution in [0.25, 0.3) is 0 Å². The first kappa shape index (κ1) is 15.5. The van der Waals surface area contributed by atoms with Crippen LogP contribution in [0.4, 0.5) is 0 Å². The molecule has 20 heavy (non-hydrogen) atoms. The Kier molecular flexibility index (Phi) is 5.24. The van der Waals surface area contributed by atoms with Crippen LogP contribution in [0.15, 0.2) is 45.3 Å². The third kappa shape index (κ3) is 3.62. The largest absolute Gasteiger partial charge is 0.457 e. The van der Waals surface area contributed by atoms with E-state index < -0.39 is 0 Å². The fourth-order valence-electron chi connectivity index (χ4n) is 1.99. The van der Waals surface area contributed by atoms with E-state index in [4.69, 9.17) is 10.5 Å². The van der Waals surface area contributed by atoms with E-state index in [-0.39, 0.29) is 0 Å². The molecule has 0 aliphatic rings. The Labute approximate surface area is 136 Å². The number of hydrogen-bond donors (Lipinski definition) is 1. The summed E-state index contributed by atoms with van der Waals surface area (Å²) in [5.74, 6) is 2.07. The lowest BCUT2D eigenvalue weighted by molar-refractivity contribution is 0.467. The monoisotopic (exact) mass is 397 g/mol. The summed E-state index contributed by atoms with van der Waals surface area (Å²) in [5, 5.41) is 0. The van der Waals surface area contributed by atoms with Crippen LogP contribution >= 0.6 is 31.9 Å². The van der Waals surface area contributed by atoms with Gasteiger partial charge in [0.05, 0.1) is 0 Å². The Balaban J connectivity index is 2.39. The second-order valence-electron chi connectivity index (χ2n) is 4.90. The number of halogens is 2. The molecule has 106 valence electrons. The molecular weight excluding hydrogens is 382 g/mol. The van der Waals surface area contributed by atoms with Crippen LogP contribution < -0.4 is 10.5 Å². The van der Waals surface area contributed by atoms with Crippen LogP contribution in [0.1, 0.15) is 30.9 Å². The van der Waals surface area contributed by atoms with Gasteiger partial charge in [-0.15, -0.1) is 0 Å². The highest BCUT2D eigenvalue weighted by Gasteiger charge is 2.11. The van der Waals surface area contributed by atoms with Crippen molar-refractivity contribution in [2.45, 2.75) is 26.3 Å². The molecule has 0 fully saturated rings. The smallest absolute Gasteiger partial charge is 0.132 e. The Morgan fingerprint density at radius 3 is 2.20 bits per heavy atom. The summed E-state index contributed by atoms with van der Waals surface area (Å²) in [6.45, 7) is 4.75. The summed E-state index contributed by atoms with van der Waals surface area (Å²) in [4.78, 5) is 0. The maximum atomic E-state index is 6.08. The van der Waals surface area contributed by atoms with Crippen LogP contribution in [0.2, 0.25) is 0 Å². The molecular formula is C16H17Br2NO. The molecule has 2 aromatic rings. The van der Waals surface area contributed by atoms with Crippen LogP contribution in [0.5, 0.6) is 11.5 Å². The van der Waals surface area contributed by atoms with Gasteiger partial charge in [0.15, 0.2) is 0 Å². The third-order valence-corrected chi connectivity index (χ3v) is 4.04. The van der Waals surface area contributed by atoms with Gasteiger partial charge in [-0.3, -0.25) is 0 Å². The minimum absolute atomic E-state index is 0.388. The third-order valence-electron chi connectivity index (χ3n) is 3.06. The topological polar surface area (TPSA) is 35.2 Å². The quantitative estimate of drug-likeness (QED) is 0.728. The van der Waals surface area contributed by atoms with Gasteiger partial charge in [-0.05, 0) is 47.9 Å². The summed E-state index contributed by atoms with van der Waals surface area (Å²) in [7, 11) is 0. The molecule has 0 saturated heterocycles. The van der Waals surface area contributed by atoms with E-state index in [9.17, 15) is 0 Å². The predicted molar refractivity (Wildman–Crippen MR) is 90.3 cm³/mol. The van der Waals surface area contributed by atoms with E-state index in [1.54, 1.807) is 0 Å². The summed E-state index contributed by atoms with van der Waals surface area (Å²) in [6.07, 6.45) is 0. The molecule has 0 aromatic heterocycles. The lowest BCUT2D eigenvalue weighted by Gasteiger charge is -2.16. The average molecular weight is 399 g/mol. The molecule has 0 aliphatic carbocycles. The molecule has 2 rings (SSSR count). The zero-order valence-electron chi connectivity index (χ0n) is 11.5. The van der Waals surface area contributed by atoms with Crippen LogP contribution in [0.3, 0.4) is 0 Å². The molecule has 2 nitrogen and oxygen atoms in total. The van der Waals surface area contributed by atoms with Gasteiger partial charge in [-0.25, -0.2) is 0 Å². The van der Waals surface area contributed by atoms with E-state index in [0.717, 1.165) is 26.0 Å². The van der Waals surface area contributed by atoms with E-state index >= 15 is 0 Å². The van der Waals surface area contributed by atoms with Crippen LogP contribution in [-0.2, 0) is 6.54 Å². The van der Waals surface area contributed by atoms with Crippen molar-refractivity contribution in [3.8, 4) is 11.5 Å². The van der Waals surface area contributed by atoms with Gasteiger partial charge in [-0.1, -0.05) is 45.7 Å². The standard InChI is InChI=1S/C16H17Br2NO/c1-10(2)14-8-13(18)4-6-16(14)20-15-5-3-12(17)7-11(15)9-19/h3-8,10H,9,19H2,1-2H3. The molecule has 0 radical (unpaired) electrons. The Hall–Kier alpha value is -0.840. The van der Waals surface area contributed by atoms with Gasteiger partial charge in [0.2, 0.25) is 0 Å².